The van der Waals surface area contributed by atoms with Gasteiger partial charge >= 0.3 is 0 Å². The molecule has 3 rings (SSSR count). The number of nitrogens with zero attached hydrogens (tertiary/aromatic N) is 3. The third-order valence-electron chi connectivity index (χ3n) is 4.28. The lowest BCUT2D eigenvalue weighted by molar-refractivity contribution is 0.237. The van der Waals surface area contributed by atoms with Crippen LogP contribution in [0.15, 0.2) is 28.7 Å². The molecule has 0 saturated heterocycles. The summed E-state index contributed by atoms with van der Waals surface area (Å²) in [5.74, 6) is 0. The number of halogens is 1. The molecule has 0 aliphatic carbocycles. The zero-order valence-corrected chi connectivity index (χ0v) is 14.4. The molecular weight excluding hydrogens is 326 g/mol. The van der Waals surface area contributed by atoms with E-state index < -0.39 is 0 Å². The Morgan fingerprint density at radius 2 is 1.95 bits per heavy atom. The monoisotopic (exact) mass is 347 g/mol. The van der Waals surface area contributed by atoms with E-state index >= 15 is 0 Å². The van der Waals surface area contributed by atoms with Crippen LogP contribution >= 0.6 is 15.9 Å². The molecule has 2 aromatic rings. The third kappa shape index (κ3) is 2.92. The fourth-order valence-corrected chi connectivity index (χ4v) is 3.76. The molecule has 3 nitrogen and oxygen atoms in total. The summed E-state index contributed by atoms with van der Waals surface area (Å²) in [5.41, 5.74) is 5.46. The molecule has 0 saturated carbocycles. The first-order valence-electron chi connectivity index (χ1n) is 7.76. The van der Waals surface area contributed by atoms with E-state index in [9.17, 15) is 0 Å². The lowest BCUT2D eigenvalue weighted by Crippen LogP contribution is -2.31. The molecule has 1 aliphatic rings. The molecule has 0 spiro atoms. The highest BCUT2D eigenvalue weighted by molar-refractivity contribution is 9.10. The summed E-state index contributed by atoms with van der Waals surface area (Å²) in [6, 6.07) is 8.80. The van der Waals surface area contributed by atoms with Crippen LogP contribution in [0.3, 0.4) is 0 Å². The standard InChI is InChI=1S/C17H22BrN3/c1-3-15-17(18)16(21(4-2)19-15)12-20-10-9-13-7-5-6-8-14(13)11-20/h5-8H,3-4,9-12H2,1-2H3. The van der Waals surface area contributed by atoms with Crippen molar-refractivity contribution in [1.29, 1.82) is 0 Å². The highest BCUT2D eigenvalue weighted by atomic mass is 79.9. The summed E-state index contributed by atoms with van der Waals surface area (Å²) in [4.78, 5) is 2.52. The Hall–Kier alpha value is -1.13. The van der Waals surface area contributed by atoms with Gasteiger partial charge in [0, 0.05) is 26.2 Å². The summed E-state index contributed by atoms with van der Waals surface area (Å²) < 4.78 is 3.34. The number of benzene rings is 1. The Bertz CT molecular complexity index is 633. The molecule has 21 heavy (non-hydrogen) atoms. The van der Waals surface area contributed by atoms with Gasteiger partial charge in [0.05, 0.1) is 15.9 Å². The van der Waals surface area contributed by atoms with Crippen molar-refractivity contribution in [3.8, 4) is 0 Å². The van der Waals surface area contributed by atoms with Crippen molar-refractivity contribution in [1.82, 2.24) is 14.7 Å². The van der Waals surface area contributed by atoms with E-state index in [1.165, 1.54) is 27.0 Å². The van der Waals surface area contributed by atoms with Gasteiger partial charge < -0.3 is 0 Å². The fourth-order valence-electron chi connectivity index (χ4n) is 3.07. The maximum Gasteiger partial charge on any atom is 0.0767 e. The Labute approximate surface area is 135 Å². The zero-order valence-electron chi connectivity index (χ0n) is 12.8. The van der Waals surface area contributed by atoms with Gasteiger partial charge in [-0.3, -0.25) is 9.58 Å². The molecule has 0 radical (unpaired) electrons. The summed E-state index contributed by atoms with van der Waals surface area (Å²) >= 11 is 3.75. The molecule has 112 valence electrons. The van der Waals surface area contributed by atoms with E-state index in [-0.39, 0.29) is 0 Å². The maximum atomic E-state index is 4.70. The average molecular weight is 348 g/mol. The number of aromatic nitrogens is 2. The highest BCUT2D eigenvalue weighted by Gasteiger charge is 2.20. The van der Waals surface area contributed by atoms with E-state index in [4.69, 9.17) is 5.10 Å². The van der Waals surface area contributed by atoms with Crippen LogP contribution in [-0.2, 0) is 32.5 Å². The smallest absolute Gasteiger partial charge is 0.0767 e. The molecular formula is C17H22BrN3. The number of rotatable bonds is 4. The van der Waals surface area contributed by atoms with E-state index in [1.54, 1.807) is 0 Å². The topological polar surface area (TPSA) is 21.1 Å². The van der Waals surface area contributed by atoms with E-state index in [2.05, 4.69) is 63.6 Å². The largest absolute Gasteiger partial charge is 0.293 e. The molecule has 0 amide bonds. The van der Waals surface area contributed by atoms with Gasteiger partial charge in [-0.15, -0.1) is 0 Å². The van der Waals surface area contributed by atoms with Crippen molar-refractivity contribution in [3.63, 3.8) is 0 Å². The molecule has 0 fully saturated rings. The molecule has 0 N–H and O–H groups in total. The van der Waals surface area contributed by atoms with Crippen molar-refractivity contribution in [3.05, 3.63) is 51.3 Å². The lowest BCUT2D eigenvalue weighted by Gasteiger charge is -2.28. The molecule has 0 unspecified atom stereocenters. The Balaban J connectivity index is 1.81. The third-order valence-corrected chi connectivity index (χ3v) is 5.19. The van der Waals surface area contributed by atoms with Crippen molar-refractivity contribution in [2.75, 3.05) is 6.54 Å². The van der Waals surface area contributed by atoms with Crippen LogP contribution in [0.5, 0.6) is 0 Å². The van der Waals surface area contributed by atoms with Gasteiger partial charge in [-0.05, 0) is 46.8 Å². The Morgan fingerprint density at radius 3 is 2.67 bits per heavy atom. The van der Waals surface area contributed by atoms with Crippen LogP contribution in [-0.4, -0.2) is 21.2 Å². The average Bonchev–Trinajstić information content (AvgIpc) is 2.83. The molecule has 0 atom stereocenters. The first-order valence-corrected chi connectivity index (χ1v) is 8.55. The quantitative estimate of drug-likeness (QED) is 0.838. The van der Waals surface area contributed by atoms with Gasteiger partial charge in [0.1, 0.15) is 0 Å². The molecule has 1 aliphatic heterocycles. The van der Waals surface area contributed by atoms with Gasteiger partial charge in [0.25, 0.3) is 0 Å². The SMILES string of the molecule is CCc1nn(CC)c(CN2CCc3ccccc3C2)c1Br. The predicted octanol–water partition coefficient (Wildman–Crippen LogP) is 3.79. The maximum absolute atomic E-state index is 4.70. The minimum absolute atomic E-state index is 0.929. The second-order valence-electron chi connectivity index (χ2n) is 5.61. The summed E-state index contributed by atoms with van der Waals surface area (Å²) in [6.07, 6.45) is 2.12. The molecule has 1 aromatic carbocycles. The van der Waals surface area contributed by atoms with Gasteiger partial charge in [-0.25, -0.2) is 0 Å². The Kier molecular flexibility index (Phi) is 4.45. The van der Waals surface area contributed by atoms with Crippen LogP contribution in [0.1, 0.15) is 36.4 Å². The van der Waals surface area contributed by atoms with Crippen molar-refractivity contribution in [2.45, 2.75) is 46.3 Å². The molecule has 1 aromatic heterocycles. The second kappa shape index (κ2) is 6.32. The van der Waals surface area contributed by atoms with Gasteiger partial charge in [-0.1, -0.05) is 31.2 Å². The summed E-state index contributed by atoms with van der Waals surface area (Å²) in [7, 11) is 0. The first-order chi connectivity index (χ1) is 10.2. The fraction of sp³-hybridized carbons (Fsp3) is 0.471. The normalized spacial score (nSPS) is 15.2. The minimum atomic E-state index is 0.929. The van der Waals surface area contributed by atoms with E-state index in [0.29, 0.717) is 0 Å². The van der Waals surface area contributed by atoms with Crippen molar-refractivity contribution >= 4 is 15.9 Å². The predicted molar refractivity (Wildman–Crippen MR) is 89.2 cm³/mol. The number of hydrogen-bond donors (Lipinski definition) is 0. The van der Waals surface area contributed by atoms with Crippen molar-refractivity contribution in [2.24, 2.45) is 0 Å². The minimum Gasteiger partial charge on any atom is -0.293 e. The number of aryl methyl sites for hydroxylation is 2. The molecule has 0 bridgehead atoms. The van der Waals surface area contributed by atoms with Crippen LogP contribution in [0.25, 0.3) is 0 Å². The van der Waals surface area contributed by atoms with Crippen LogP contribution < -0.4 is 0 Å². The summed E-state index contributed by atoms with van der Waals surface area (Å²) in [5, 5.41) is 4.70. The first kappa shape index (κ1) is 14.8. The van der Waals surface area contributed by atoms with Crippen LogP contribution in [0, 0.1) is 0 Å². The Morgan fingerprint density at radius 1 is 1.19 bits per heavy atom. The lowest BCUT2D eigenvalue weighted by atomic mass is 10.00. The van der Waals surface area contributed by atoms with Gasteiger partial charge in [0.2, 0.25) is 0 Å². The number of fused-ring (bicyclic) bond motifs is 1. The highest BCUT2D eigenvalue weighted by Crippen LogP contribution is 2.26. The van der Waals surface area contributed by atoms with Gasteiger partial charge in [0.15, 0.2) is 0 Å². The van der Waals surface area contributed by atoms with Crippen molar-refractivity contribution < 1.29 is 0 Å². The number of hydrogen-bond acceptors (Lipinski definition) is 2. The van der Waals surface area contributed by atoms with Gasteiger partial charge in [-0.2, -0.15) is 5.10 Å². The zero-order chi connectivity index (χ0) is 14.8. The van der Waals surface area contributed by atoms with E-state index in [0.717, 1.165) is 39.0 Å². The van der Waals surface area contributed by atoms with E-state index in [1.807, 2.05) is 0 Å². The molecule has 4 heteroatoms. The van der Waals surface area contributed by atoms with Crippen LogP contribution in [0.2, 0.25) is 0 Å². The summed E-state index contributed by atoms with van der Waals surface area (Å²) in [6.45, 7) is 8.38. The van der Waals surface area contributed by atoms with Crippen LogP contribution in [0.4, 0.5) is 0 Å². The second-order valence-corrected chi connectivity index (χ2v) is 6.40. The molecule has 2 heterocycles.